The highest BCUT2D eigenvalue weighted by Crippen LogP contribution is 2.22. The molecule has 0 aromatic heterocycles. The Hall–Kier alpha value is -1.67. The smallest absolute Gasteiger partial charge is 0.118 e. The lowest BCUT2D eigenvalue weighted by atomic mass is 10.2. The van der Waals surface area contributed by atoms with E-state index in [-0.39, 0.29) is 0 Å². The second-order valence-electron chi connectivity index (χ2n) is 3.55. The van der Waals surface area contributed by atoms with E-state index in [1.807, 2.05) is 50.3 Å². The minimum absolute atomic E-state index is 0.874. The molecule has 0 saturated heterocycles. The van der Waals surface area contributed by atoms with Crippen LogP contribution in [-0.2, 0) is 0 Å². The summed E-state index contributed by atoms with van der Waals surface area (Å²) in [7, 11) is 1.67. The van der Waals surface area contributed by atoms with Crippen molar-refractivity contribution in [3.8, 4) is 5.75 Å². The van der Waals surface area contributed by atoms with Crippen LogP contribution >= 0.6 is 11.8 Å². The SMILES string of the molecule is C=C/C=C(\C=C)C/C=C/Sc1ccc(OC)cc1.CC. The van der Waals surface area contributed by atoms with Crippen LogP contribution in [0.5, 0.6) is 5.75 Å². The van der Waals surface area contributed by atoms with Crippen molar-refractivity contribution in [3.05, 3.63) is 72.7 Å². The van der Waals surface area contributed by atoms with Crippen molar-refractivity contribution in [1.29, 1.82) is 0 Å². The molecule has 0 fully saturated rings. The Balaban J connectivity index is 0.00000172. The van der Waals surface area contributed by atoms with Gasteiger partial charge in [0.05, 0.1) is 7.11 Å². The molecule has 0 unspecified atom stereocenters. The van der Waals surface area contributed by atoms with Crippen LogP contribution in [0.3, 0.4) is 0 Å². The van der Waals surface area contributed by atoms with Gasteiger partial charge in [-0.05, 0) is 41.7 Å². The highest BCUT2D eigenvalue weighted by atomic mass is 32.2. The molecule has 1 aromatic carbocycles. The summed E-state index contributed by atoms with van der Waals surface area (Å²) in [6, 6.07) is 8.01. The summed E-state index contributed by atoms with van der Waals surface area (Å²) in [5.74, 6) is 0.881. The van der Waals surface area contributed by atoms with Gasteiger partial charge < -0.3 is 4.74 Å². The van der Waals surface area contributed by atoms with Gasteiger partial charge in [-0.25, -0.2) is 0 Å². The van der Waals surface area contributed by atoms with E-state index in [2.05, 4.69) is 24.6 Å². The van der Waals surface area contributed by atoms with Gasteiger partial charge in [0.15, 0.2) is 0 Å². The van der Waals surface area contributed by atoms with E-state index < -0.39 is 0 Å². The van der Waals surface area contributed by atoms with E-state index in [9.17, 15) is 0 Å². The standard InChI is InChI=1S/C16H18OS.C2H6/c1-4-7-14(5-2)8-6-13-18-16-11-9-15(17-3)10-12-16;1-2/h4-7,9-13H,1-2,8H2,3H3;1-2H3/b13-6+,14-7+;. The summed E-state index contributed by atoms with van der Waals surface area (Å²) in [5, 5.41) is 2.09. The molecular formula is C18H24OS. The molecule has 0 radical (unpaired) electrons. The summed E-state index contributed by atoms with van der Waals surface area (Å²) >= 11 is 1.69. The Bertz CT molecular complexity index is 441. The third kappa shape index (κ3) is 7.70. The summed E-state index contributed by atoms with van der Waals surface area (Å²) in [6.07, 6.45) is 8.59. The molecule has 0 aliphatic rings. The van der Waals surface area contributed by atoms with Crippen LogP contribution < -0.4 is 4.74 Å². The molecule has 1 aromatic rings. The van der Waals surface area contributed by atoms with E-state index >= 15 is 0 Å². The van der Waals surface area contributed by atoms with E-state index in [1.165, 1.54) is 4.90 Å². The number of thioether (sulfide) groups is 1. The average molecular weight is 288 g/mol. The summed E-state index contributed by atoms with van der Waals surface area (Å²) < 4.78 is 5.11. The van der Waals surface area contributed by atoms with E-state index in [4.69, 9.17) is 4.74 Å². The van der Waals surface area contributed by atoms with Crippen molar-refractivity contribution in [2.75, 3.05) is 7.11 Å². The van der Waals surface area contributed by atoms with E-state index in [0.717, 1.165) is 17.7 Å². The molecule has 1 rings (SSSR count). The first kappa shape index (κ1) is 18.3. The predicted octanol–water partition coefficient (Wildman–Crippen LogP) is 6.02. The molecule has 0 aliphatic carbocycles. The zero-order chi connectivity index (χ0) is 15.2. The van der Waals surface area contributed by atoms with Gasteiger partial charge in [-0.2, -0.15) is 0 Å². The van der Waals surface area contributed by atoms with Gasteiger partial charge in [0, 0.05) is 4.90 Å². The molecule has 1 nitrogen and oxygen atoms in total. The number of methoxy groups -OCH3 is 1. The molecule has 0 amide bonds. The van der Waals surface area contributed by atoms with Crippen molar-refractivity contribution >= 4 is 11.8 Å². The maximum atomic E-state index is 5.11. The number of benzene rings is 1. The number of hydrogen-bond donors (Lipinski definition) is 0. The Morgan fingerprint density at radius 2 is 1.85 bits per heavy atom. The predicted molar refractivity (Wildman–Crippen MR) is 92.4 cm³/mol. The van der Waals surface area contributed by atoms with Crippen molar-refractivity contribution in [2.45, 2.75) is 25.2 Å². The Morgan fingerprint density at radius 1 is 1.20 bits per heavy atom. The average Bonchev–Trinajstić information content (AvgIpc) is 2.53. The van der Waals surface area contributed by atoms with Crippen LogP contribution in [-0.4, -0.2) is 7.11 Å². The molecule has 0 heterocycles. The largest absolute Gasteiger partial charge is 0.497 e. The van der Waals surface area contributed by atoms with Gasteiger partial charge >= 0.3 is 0 Å². The first-order valence-corrected chi connectivity index (χ1v) is 7.58. The third-order valence-corrected chi connectivity index (χ3v) is 3.18. The third-order valence-electron chi connectivity index (χ3n) is 2.31. The van der Waals surface area contributed by atoms with Crippen molar-refractivity contribution in [1.82, 2.24) is 0 Å². The molecule has 0 atom stereocenters. The molecule has 0 N–H and O–H groups in total. The van der Waals surface area contributed by atoms with Crippen LogP contribution in [0.15, 0.2) is 77.6 Å². The summed E-state index contributed by atoms with van der Waals surface area (Å²) in [6.45, 7) is 11.4. The minimum Gasteiger partial charge on any atom is -0.497 e. The fourth-order valence-electron chi connectivity index (χ4n) is 1.34. The van der Waals surface area contributed by atoms with E-state index in [0.29, 0.717) is 0 Å². The van der Waals surface area contributed by atoms with Crippen molar-refractivity contribution in [2.24, 2.45) is 0 Å². The molecule has 0 spiro atoms. The Labute approximate surface area is 127 Å². The number of hydrogen-bond acceptors (Lipinski definition) is 2. The van der Waals surface area contributed by atoms with Gasteiger partial charge in [0.25, 0.3) is 0 Å². The van der Waals surface area contributed by atoms with Gasteiger partial charge in [-0.3, -0.25) is 0 Å². The van der Waals surface area contributed by atoms with Gasteiger partial charge in [0.2, 0.25) is 0 Å². The van der Waals surface area contributed by atoms with Crippen molar-refractivity contribution in [3.63, 3.8) is 0 Å². The monoisotopic (exact) mass is 288 g/mol. The molecule has 0 bridgehead atoms. The molecule has 20 heavy (non-hydrogen) atoms. The summed E-state index contributed by atoms with van der Waals surface area (Å²) in [5.41, 5.74) is 1.16. The first-order valence-electron chi connectivity index (χ1n) is 6.70. The fourth-order valence-corrected chi connectivity index (χ4v) is 1.98. The fraction of sp³-hybridized carbons (Fsp3) is 0.222. The van der Waals surface area contributed by atoms with Crippen LogP contribution in [0.2, 0.25) is 0 Å². The van der Waals surface area contributed by atoms with Crippen molar-refractivity contribution < 1.29 is 4.74 Å². The Kier molecular flexibility index (Phi) is 11.3. The lowest BCUT2D eigenvalue weighted by Gasteiger charge is -2.00. The molecule has 0 saturated carbocycles. The Morgan fingerprint density at radius 3 is 2.35 bits per heavy atom. The molecule has 0 aliphatic heterocycles. The number of rotatable bonds is 7. The highest BCUT2D eigenvalue weighted by molar-refractivity contribution is 8.02. The minimum atomic E-state index is 0.874. The lowest BCUT2D eigenvalue weighted by molar-refractivity contribution is 0.414. The molecule has 108 valence electrons. The van der Waals surface area contributed by atoms with Crippen LogP contribution in [0, 0.1) is 0 Å². The quantitative estimate of drug-likeness (QED) is 0.448. The van der Waals surface area contributed by atoms with Crippen LogP contribution in [0.25, 0.3) is 0 Å². The summed E-state index contributed by atoms with van der Waals surface area (Å²) in [4.78, 5) is 1.19. The van der Waals surface area contributed by atoms with Gasteiger partial charge in [-0.1, -0.05) is 63.1 Å². The normalized spacial score (nSPS) is 10.7. The number of allylic oxidation sites excluding steroid dienone is 5. The van der Waals surface area contributed by atoms with Gasteiger partial charge in [-0.15, -0.1) is 0 Å². The maximum absolute atomic E-state index is 5.11. The van der Waals surface area contributed by atoms with Crippen LogP contribution in [0.1, 0.15) is 20.3 Å². The maximum Gasteiger partial charge on any atom is 0.118 e. The topological polar surface area (TPSA) is 9.23 Å². The van der Waals surface area contributed by atoms with E-state index in [1.54, 1.807) is 24.9 Å². The highest BCUT2D eigenvalue weighted by Gasteiger charge is 1.92. The second kappa shape index (κ2) is 12.4. The number of ether oxygens (including phenoxy) is 1. The van der Waals surface area contributed by atoms with Gasteiger partial charge in [0.1, 0.15) is 5.75 Å². The molecular weight excluding hydrogens is 264 g/mol. The first-order chi connectivity index (χ1) is 9.80. The van der Waals surface area contributed by atoms with Crippen LogP contribution in [0.4, 0.5) is 0 Å². The second-order valence-corrected chi connectivity index (χ2v) is 4.53. The lowest BCUT2D eigenvalue weighted by Crippen LogP contribution is -1.80. The zero-order valence-corrected chi connectivity index (χ0v) is 13.5. The molecule has 2 heteroatoms. The zero-order valence-electron chi connectivity index (χ0n) is 12.6.